The van der Waals surface area contributed by atoms with E-state index in [9.17, 15) is 5.11 Å². The Hall–Kier alpha value is -2.44. The van der Waals surface area contributed by atoms with E-state index in [2.05, 4.69) is 4.99 Å². The number of aromatic nitrogens is 1. The number of thiazole rings is 1. The van der Waals surface area contributed by atoms with E-state index in [0.29, 0.717) is 8.83 Å². The average Bonchev–Trinajstić information content (AvgIpc) is 2.88. The van der Waals surface area contributed by atoms with Gasteiger partial charge in [-0.25, -0.2) is 0 Å². The molecule has 1 N–H and O–H groups in total. The van der Waals surface area contributed by atoms with Crippen molar-refractivity contribution < 1.29 is 9.84 Å². The van der Waals surface area contributed by atoms with Gasteiger partial charge in [-0.2, -0.15) is 0 Å². The van der Waals surface area contributed by atoms with Gasteiger partial charge in [0, 0.05) is 0 Å². The van der Waals surface area contributed by atoms with Crippen molar-refractivity contribution in [2.24, 2.45) is 4.99 Å². The van der Waals surface area contributed by atoms with Crippen molar-refractivity contribution in [2.75, 3.05) is 7.11 Å². The third-order valence-electron chi connectivity index (χ3n) is 3.23. The molecule has 0 fully saturated rings. The number of para-hydroxylation sites is 1. The molecule has 2 aromatic carbocycles. The topological polar surface area (TPSA) is 46.8 Å². The van der Waals surface area contributed by atoms with Crippen LogP contribution in [0.25, 0.3) is 5.69 Å². The Kier molecular flexibility index (Phi) is 4.55. The molecule has 0 aliphatic heterocycles. The van der Waals surface area contributed by atoms with Crippen LogP contribution >= 0.6 is 23.6 Å². The number of ether oxygens (including phenoxy) is 1. The van der Waals surface area contributed by atoms with Gasteiger partial charge in [-0.05, 0) is 48.6 Å². The van der Waals surface area contributed by atoms with Crippen LogP contribution < -0.4 is 4.74 Å². The number of hydrogen-bond donors (Lipinski definition) is 1. The lowest BCUT2D eigenvalue weighted by atomic mass is 10.3. The first-order valence-corrected chi connectivity index (χ1v) is 8.10. The highest BCUT2D eigenvalue weighted by Crippen LogP contribution is 2.28. The first-order chi connectivity index (χ1) is 11.2. The molecule has 0 saturated heterocycles. The summed E-state index contributed by atoms with van der Waals surface area (Å²) in [4.78, 5) is 4.99. The van der Waals surface area contributed by atoms with Crippen LogP contribution in [-0.4, -0.2) is 23.0 Å². The fourth-order valence-corrected chi connectivity index (χ4v) is 3.29. The first-order valence-electron chi connectivity index (χ1n) is 6.87. The van der Waals surface area contributed by atoms with Gasteiger partial charge in [-0.3, -0.25) is 9.56 Å². The molecule has 0 saturated carbocycles. The van der Waals surface area contributed by atoms with E-state index in [0.717, 1.165) is 17.1 Å². The Balaban J connectivity index is 1.92. The molecule has 116 valence electrons. The number of rotatable bonds is 4. The maximum Gasteiger partial charge on any atom is 0.216 e. The van der Waals surface area contributed by atoms with Crippen LogP contribution in [0.2, 0.25) is 0 Å². The van der Waals surface area contributed by atoms with E-state index in [1.54, 1.807) is 17.9 Å². The number of benzene rings is 2. The molecular formula is C17H14N2O2S2. The van der Waals surface area contributed by atoms with Crippen LogP contribution in [0.3, 0.4) is 0 Å². The minimum atomic E-state index is 0.100. The minimum absolute atomic E-state index is 0.100. The van der Waals surface area contributed by atoms with Crippen molar-refractivity contribution >= 4 is 35.5 Å². The van der Waals surface area contributed by atoms with E-state index in [1.807, 2.05) is 54.6 Å². The Bertz CT molecular complexity index is 881. The lowest BCUT2D eigenvalue weighted by Crippen LogP contribution is -1.92. The molecule has 0 amide bonds. The normalized spacial score (nSPS) is 11.0. The standard InChI is InChI=1S/C17H14N2O2S2/c1-21-14-9-7-12(8-10-14)18-11-15-16(20)19(17(22)23-15)13-5-3-2-4-6-13/h2-11,20H,1H3. The van der Waals surface area contributed by atoms with Gasteiger partial charge >= 0.3 is 0 Å². The molecule has 0 bridgehead atoms. The summed E-state index contributed by atoms with van der Waals surface area (Å²) in [5.74, 6) is 0.876. The summed E-state index contributed by atoms with van der Waals surface area (Å²) in [6.07, 6.45) is 1.62. The molecule has 6 heteroatoms. The van der Waals surface area contributed by atoms with Crippen LogP contribution in [-0.2, 0) is 0 Å². The molecule has 3 aromatic rings. The van der Waals surface area contributed by atoms with Crippen molar-refractivity contribution in [1.82, 2.24) is 4.57 Å². The largest absolute Gasteiger partial charge is 0.497 e. The second-order valence-corrected chi connectivity index (χ2v) is 6.36. The SMILES string of the molecule is COc1ccc(N=Cc2sc(=S)n(-c3ccccc3)c2O)cc1. The maximum absolute atomic E-state index is 10.4. The average molecular weight is 342 g/mol. The van der Waals surface area contributed by atoms with Crippen molar-refractivity contribution in [3.05, 3.63) is 63.4 Å². The van der Waals surface area contributed by atoms with Gasteiger partial charge in [0.25, 0.3) is 0 Å². The lowest BCUT2D eigenvalue weighted by molar-refractivity contribution is 0.415. The zero-order chi connectivity index (χ0) is 16.2. The Morgan fingerprint density at radius 3 is 2.48 bits per heavy atom. The highest BCUT2D eigenvalue weighted by Gasteiger charge is 2.11. The lowest BCUT2D eigenvalue weighted by Gasteiger charge is -2.03. The zero-order valence-electron chi connectivity index (χ0n) is 12.3. The summed E-state index contributed by atoms with van der Waals surface area (Å²) in [7, 11) is 1.62. The van der Waals surface area contributed by atoms with Crippen LogP contribution in [0.4, 0.5) is 5.69 Å². The summed E-state index contributed by atoms with van der Waals surface area (Å²) in [6.45, 7) is 0. The fourth-order valence-electron chi connectivity index (χ4n) is 2.07. The Labute approximate surface area is 143 Å². The smallest absolute Gasteiger partial charge is 0.216 e. The van der Waals surface area contributed by atoms with Gasteiger partial charge in [0.2, 0.25) is 5.88 Å². The number of nitrogens with zero attached hydrogens (tertiary/aromatic N) is 2. The molecule has 0 aliphatic rings. The van der Waals surface area contributed by atoms with E-state index < -0.39 is 0 Å². The molecule has 0 spiro atoms. The summed E-state index contributed by atoms with van der Waals surface area (Å²) >= 11 is 6.67. The summed E-state index contributed by atoms with van der Waals surface area (Å²) in [6, 6.07) is 16.9. The summed E-state index contributed by atoms with van der Waals surface area (Å²) in [5.41, 5.74) is 1.60. The third-order valence-corrected chi connectivity index (χ3v) is 4.53. The maximum atomic E-state index is 10.4. The molecule has 1 aromatic heterocycles. The van der Waals surface area contributed by atoms with E-state index in [-0.39, 0.29) is 5.88 Å². The number of aromatic hydroxyl groups is 1. The van der Waals surface area contributed by atoms with Gasteiger partial charge in [0.15, 0.2) is 3.95 Å². The molecule has 0 unspecified atom stereocenters. The van der Waals surface area contributed by atoms with E-state index >= 15 is 0 Å². The predicted octanol–water partition coefficient (Wildman–Crippen LogP) is 4.73. The van der Waals surface area contributed by atoms with Crippen LogP contribution in [0, 0.1) is 3.95 Å². The molecule has 23 heavy (non-hydrogen) atoms. The predicted molar refractivity (Wildman–Crippen MR) is 96.4 cm³/mol. The van der Waals surface area contributed by atoms with Gasteiger partial charge in [-0.1, -0.05) is 29.5 Å². The molecule has 0 atom stereocenters. The van der Waals surface area contributed by atoms with Crippen molar-refractivity contribution in [2.45, 2.75) is 0 Å². The summed E-state index contributed by atoms with van der Waals surface area (Å²) in [5, 5.41) is 10.4. The molecule has 3 rings (SSSR count). The zero-order valence-corrected chi connectivity index (χ0v) is 14.0. The monoisotopic (exact) mass is 342 g/mol. The highest BCUT2D eigenvalue weighted by molar-refractivity contribution is 7.73. The third kappa shape index (κ3) is 3.33. The molecule has 4 nitrogen and oxygen atoms in total. The van der Waals surface area contributed by atoms with Crippen molar-refractivity contribution in [3.8, 4) is 17.3 Å². The fraction of sp³-hybridized carbons (Fsp3) is 0.0588. The molecule has 0 aliphatic carbocycles. The van der Waals surface area contributed by atoms with E-state index in [1.165, 1.54) is 11.3 Å². The molecule has 1 heterocycles. The second-order valence-electron chi connectivity index (χ2n) is 4.68. The van der Waals surface area contributed by atoms with E-state index in [4.69, 9.17) is 17.0 Å². The van der Waals surface area contributed by atoms with Crippen LogP contribution in [0.1, 0.15) is 4.88 Å². The Morgan fingerprint density at radius 1 is 1.13 bits per heavy atom. The highest BCUT2D eigenvalue weighted by atomic mass is 32.1. The number of aliphatic imine (C=N–C) groups is 1. The van der Waals surface area contributed by atoms with Crippen LogP contribution in [0.5, 0.6) is 11.6 Å². The number of methoxy groups -OCH3 is 1. The van der Waals surface area contributed by atoms with Gasteiger partial charge in [-0.15, -0.1) is 0 Å². The van der Waals surface area contributed by atoms with Gasteiger partial charge < -0.3 is 9.84 Å². The summed E-state index contributed by atoms with van der Waals surface area (Å²) < 4.78 is 7.32. The number of hydrogen-bond acceptors (Lipinski definition) is 5. The minimum Gasteiger partial charge on any atom is -0.497 e. The quantitative estimate of drug-likeness (QED) is 0.550. The molecule has 0 radical (unpaired) electrons. The van der Waals surface area contributed by atoms with Crippen LogP contribution in [0.15, 0.2) is 59.6 Å². The first kappa shape index (κ1) is 15.5. The van der Waals surface area contributed by atoms with Crippen molar-refractivity contribution in [1.29, 1.82) is 0 Å². The second kappa shape index (κ2) is 6.76. The molecular weight excluding hydrogens is 328 g/mol. The van der Waals surface area contributed by atoms with Gasteiger partial charge in [0.05, 0.1) is 24.7 Å². The van der Waals surface area contributed by atoms with Gasteiger partial charge in [0.1, 0.15) is 10.6 Å². The van der Waals surface area contributed by atoms with Crippen molar-refractivity contribution in [3.63, 3.8) is 0 Å². The Morgan fingerprint density at radius 2 is 1.83 bits per heavy atom.